The Balaban J connectivity index is 2.77. The molecule has 1 amide bonds. The molecule has 0 saturated carbocycles. The number of carbonyl (C=O) groups is 3. The fourth-order valence-corrected chi connectivity index (χ4v) is 1.78. The number of aliphatic carboxylic acids is 1. The van der Waals surface area contributed by atoms with Crippen LogP contribution in [0.1, 0.15) is 0 Å². The van der Waals surface area contributed by atoms with Crippen molar-refractivity contribution < 1.29 is 19.5 Å². The molecule has 64 valence electrons. The van der Waals surface area contributed by atoms with Gasteiger partial charge in [-0.15, -0.1) is 0 Å². The first-order chi connectivity index (χ1) is 5.52. The number of thioether (sulfide) groups is 1. The average Bonchev–Trinajstić information content (AvgIpc) is 2.28. The number of hydrogen-bond donors (Lipinski definition) is 2. The highest BCUT2D eigenvalue weighted by Crippen LogP contribution is 2.19. The van der Waals surface area contributed by atoms with Gasteiger partial charge in [-0.3, -0.25) is 9.59 Å². The molecule has 0 bridgehead atoms. The van der Waals surface area contributed by atoms with Crippen LogP contribution in [-0.2, 0) is 14.4 Å². The first-order valence-electron chi connectivity index (χ1n) is 2.81. The predicted molar refractivity (Wildman–Crippen MR) is 44.8 cm³/mol. The minimum absolute atomic E-state index is 0.139. The molecule has 1 atom stereocenters. The van der Waals surface area contributed by atoms with Crippen LogP contribution in [0.15, 0.2) is 0 Å². The van der Waals surface area contributed by atoms with Gasteiger partial charge in [-0.25, -0.2) is 4.79 Å². The van der Waals surface area contributed by atoms with E-state index in [1.54, 1.807) is 0 Å². The van der Waals surface area contributed by atoms with Crippen molar-refractivity contribution in [2.45, 2.75) is 5.25 Å². The largest absolute Gasteiger partial charge is 0.475 e. The molecule has 1 aliphatic heterocycles. The van der Waals surface area contributed by atoms with Gasteiger partial charge in [0.2, 0.25) is 5.91 Å². The Morgan fingerprint density at radius 3 is 2.50 bits per heavy atom. The van der Waals surface area contributed by atoms with Crippen molar-refractivity contribution in [1.82, 2.24) is 5.32 Å². The summed E-state index contributed by atoms with van der Waals surface area (Å²) < 4.78 is 0.139. The van der Waals surface area contributed by atoms with Crippen LogP contribution in [0.25, 0.3) is 0 Å². The number of amides is 1. The average molecular weight is 205 g/mol. The Morgan fingerprint density at radius 2 is 2.17 bits per heavy atom. The Hall–Kier alpha value is -0.950. The van der Waals surface area contributed by atoms with E-state index in [2.05, 4.69) is 17.5 Å². The van der Waals surface area contributed by atoms with Crippen LogP contribution in [0.5, 0.6) is 0 Å². The first-order valence-corrected chi connectivity index (χ1v) is 4.10. The standard InChI is InChI=1S/C5H3NO4S2/c7-1(4(9)10)2-3(8)6-5(11)12-2/h2H,(H,9,10)(H,6,8,11). The zero-order chi connectivity index (χ0) is 9.30. The van der Waals surface area contributed by atoms with Crippen LogP contribution >= 0.6 is 24.0 Å². The highest BCUT2D eigenvalue weighted by Gasteiger charge is 2.38. The fraction of sp³-hybridized carbons (Fsp3) is 0.200. The molecule has 0 aromatic rings. The summed E-state index contributed by atoms with van der Waals surface area (Å²) in [6.07, 6.45) is 0. The Morgan fingerprint density at radius 1 is 1.58 bits per heavy atom. The van der Waals surface area contributed by atoms with Gasteiger partial charge in [0, 0.05) is 0 Å². The lowest BCUT2D eigenvalue weighted by Crippen LogP contribution is -2.33. The van der Waals surface area contributed by atoms with E-state index < -0.39 is 22.9 Å². The molecule has 12 heavy (non-hydrogen) atoms. The molecule has 1 fully saturated rings. The van der Waals surface area contributed by atoms with Crippen molar-refractivity contribution in [3.05, 3.63) is 0 Å². The van der Waals surface area contributed by atoms with Gasteiger partial charge in [0.1, 0.15) is 4.32 Å². The number of carboxylic acids is 1. The van der Waals surface area contributed by atoms with E-state index >= 15 is 0 Å². The van der Waals surface area contributed by atoms with Crippen LogP contribution in [0.2, 0.25) is 0 Å². The van der Waals surface area contributed by atoms with Crippen LogP contribution in [0, 0.1) is 0 Å². The molecule has 0 aromatic carbocycles. The third-order valence-electron chi connectivity index (χ3n) is 1.14. The molecule has 0 spiro atoms. The highest BCUT2D eigenvalue weighted by atomic mass is 32.2. The normalized spacial score (nSPS) is 22.2. The third kappa shape index (κ3) is 1.62. The van der Waals surface area contributed by atoms with Crippen molar-refractivity contribution >= 4 is 46.0 Å². The van der Waals surface area contributed by atoms with Crippen LogP contribution in [0.3, 0.4) is 0 Å². The molecule has 0 aromatic heterocycles. The van der Waals surface area contributed by atoms with Crippen LogP contribution in [0.4, 0.5) is 0 Å². The third-order valence-corrected chi connectivity index (χ3v) is 2.51. The Labute approximate surface area is 76.5 Å². The second-order valence-electron chi connectivity index (χ2n) is 1.94. The number of ketones is 1. The van der Waals surface area contributed by atoms with Gasteiger partial charge in [0.25, 0.3) is 5.78 Å². The van der Waals surface area contributed by atoms with Gasteiger partial charge in [-0.05, 0) is 0 Å². The van der Waals surface area contributed by atoms with E-state index in [0.29, 0.717) is 0 Å². The second-order valence-corrected chi connectivity index (χ2v) is 3.73. The number of carbonyl (C=O) groups excluding carboxylic acids is 2. The highest BCUT2D eigenvalue weighted by molar-refractivity contribution is 8.25. The second kappa shape index (κ2) is 3.20. The summed E-state index contributed by atoms with van der Waals surface area (Å²) in [6.45, 7) is 0. The summed E-state index contributed by atoms with van der Waals surface area (Å²) in [5.41, 5.74) is 0. The van der Waals surface area contributed by atoms with Crippen molar-refractivity contribution in [3.8, 4) is 0 Å². The van der Waals surface area contributed by atoms with Crippen molar-refractivity contribution in [3.63, 3.8) is 0 Å². The van der Waals surface area contributed by atoms with Crippen LogP contribution in [-0.4, -0.2) is 32.3 Å². The molecule has 0 aliphatic carbocycles. The lowest BCUT2D eigenvalue weighted by atomic mass is 10.3. The van der Waals surface area contributed by atoms with Crippen LogP contribution < -0.4 is 5.32 Å². The van der Waals surface area contributed by atoms with Gasteiger partial charge < -0.3 is 10.4 Å². The van der Waals surface area contributed by atoms with E-state index in [-0.39, 0.29) is 4.32 Å². The van der Waals surface area contributed by atoms with E-state index in [4.69, 9.17) is 5.11 Å². The molecule has 1 unspecified atom stereocenters. The van der Waals surface area contributed by atoms with Crippen molar-refractivity contribution in [2.75, 3.05) is 0 Å². The van der Waals surface area contributed by atoms with Gasteiger partial charge in [0.15, 0.2) is 5.25 Å². The molecule has 1 aliphatic rings. The summed E-state index contributed by atoms with van der Waals surface area (Å²) in [4.78, 5) is 31.7. The quantitative estimate of drug-likeness (QED) is 0.347. The Bertz CT molecular complexity index is 287. The van der Waals surface area contributed by atoms with E-state index in [9.17, 15) is 14.4 Å². The number of nitrogens with one attached hydrogen (secondary N) is 1. The first kappa shape index (κ1) is 9.14. The molecule has 0 radical (unpaired) electrons. The minimum Gasteiger partial charge on any atom is -0.475 e. The molecular weight excluding hydrogens is 202 g/mol. The molecule has 7 heteroatoms. The maximum Gasteiger partial charge on any atom is 0.373 e. The monoisotopic (exact) mass is 205 g/mol. The molecule has 1 rings (SSSR count). The smallest absolute Gasteiger partial charge is 0.373 e. The molecule has 1 saturated heterocycles. The lowest BCUT2D eigenvalue weighted by molar-refractivity contribution is -0.149. The van der Waals surface area contributed by atoms with Gasteiger partial charge in [0.05, 0.1) is 0 Å². The summed E-state index contributed by atoms with van der Waals surface area (Å²) in [7, 11) is 0. The fourth-order valence-electron chi connectivity index (χ4n) is 0.641. The van der Waals surface area contributed by atoms with E-state index in [0.717, 1.165) is 11.8 Å². The van der Waals surface area contributed by atoms with Gasteiger partial charge in [-0.2, -0.15) is 0 Å². The topological polar surface area (TPSA) is 83.5 Å². The zero-order valence-electron chi connectivity index (χ0n) is 5.57. The summed E-state index contributed by atoms with van der Waals surface area (Å²) in [6, 6.07) is 0. The molecule has 5 nitrogen and oxygen atoms in total. The van der Waals surface area contributed by atoms with E-state index in [1.165, 1.54) is 0 Å². The van der Waals surface area contributed by atoms with Gasteiger partial charge in [-0.1, -0.05) is 24.0 Å². The van der Waals surface area contributed by atoms with E-state index in [1.807, 2.05) is 0 Å². The molecular formula is C5H3NO4S2. The molecule has 2 N–H and O–H groups in total. The summed E-state index contributed by atoms with van der Waals surface area (Å²) in [5.74, 6) is -3.41. The maximum atomic E-state index is 10.8. The van der Waals surface area contributed by atoms with Crippen molar-refractivity contribution in [2.24, 2.45) is 0 Å². The SMILES string of the molecule is O=C(O)C(=O)C1SC(=S)NC1=O. The zero-order valence-corrected chi connectivity index (χ0v) is 7.20. The number of carboxylic acid groups (broad SMARTS) is 1. The summed E-state index contributed by atoms with van der Waals surface area (Å²) in [5, 5.41) is 9.22. The maximum absolute atomic E-state index is 10.8. The lowest BCUT2D eigenvalue weighted by Gasteiger charge is -1.97. The summed E-state index contributed by atoms with van der Waals surface area (Å²) >= 11 is 5.32. The number of thiocarbonyl (C=S) groups is 1. The Kier molecular flexibility index (Phi) is 2.43. The predicted octanol–water partition coefficient (Wildman–Crippen LogP) is -0.843. The molecule has 1 heterocycles. The number of hydrogen-bond acceptors (Lipinski definition) is 5. The van der Waals surface area contributed by atoms with Crippen molar-refractivity contribution in [1.29, 1.82) is 0 Å². The van der Waals surface area contributed by atoms with Gasteiger partial charge >= 0.3 is 5.97 Å². The number of rotatable bonds is 2. The number of Topliss-reactive ketones (excluding diaryl/α,β-unsaturated/α-hetero) is 1. The minimum atomic E-state index is -1.62.